The van der Waals surface area contributed by atoms with Crippen molar-refractivity contribution in [3.63, 3.8) is 0 Å². The second kappa shape index (κ2) is 4.09. The van der Waals surface area contributed by atoms with E-state index in [1.807, 2.05) is 13.0 Å². The number of hydrogen-bond donors (Lipinski definition) is 1. The number of nitrogens with zero attached hydrogens (tertiary/aromatic N) is 1. The van der Waals surface area contributed by atoms with Gasteiger partial charge in [0.2, 0.25) is 0 Å². The SMILES string of the molecule is CCCC(C#N)C(C)(O)C=O. The lowest BCUT2D eigenvalue weighted by Gasteiger charge is -2.20. The molecule has 11 heavy (non-hydrogen) atoms. The van der Waals surface area contributed by atoms with Gasteiger partial charge >= 0.3 is 0 Å². The number of carbonyl (C=O) groups is 1. The van der Waals surface area contributed by atoms with Crippen molar-refractivity contribution in [3.8, 4) is 6.07 Å². The van der Waals surface area contributed by atoms with Crippen LogP contribution < -0.4 is 0 Å². The van der Waals surface area contributed by atoms with Crippen molar-refractivity contribution < 1.29 is 9.90 Å². The van der Waals surface area contributed by atoms with E-state index in [2.05, 4.69) is 0 Å². The zero-order chi connectivity index (χ0) is 8.91. The summed E-state index contributed by atoms with van der Waals surface area (Å²) in [7, 11) is 0. The molecule has 3 heteroatoms. The molecule has 2 unspecified atom stereocenters. The van der Waals surface area contributed by atoms with Gasteiger partial charge < -0.3 is 9.90 Å². The van der Waals surface area contributed by atoms with Crippen LogP contribution in [0.2, 0.25) is 0 Å². The molecule has 0 aromatic rings. The van der Waals surface area contributed by atoms with Gasteiger partial charge in [0, 0.05) is 0 Å². The largest absolute Gasteiger partial charge is 0.381 e. The van der Waals surface area contributed by atoms with Gasteiger partial charge in [-0.15, -0.1) is 0 Å². The standard InChI is InChI=1S/C8H13NO2/c1-3-4-7(5-9)8(2,11)6-10/h6-7,11H,3-4H2,1-2H3. The third kappa shape index (κ3) is 2.69. The van der Waals surface area contributed by atoms with Crippen LogP contribution in [0.1, 0.15) is 26.7 Å². The predicted molar refractivity (Wildman–Crippen MR) is 40.7 cm³/mol. The normalized spacial score (nSPS) is 18.0. The lowest BCUT2D eigenvalue weighted by molar-refractivity contribution is -0.125. The molecule has 0 saturated heterocycles. The van der Waals surface area contributed by atoms with Gasteiger partial charge in [0.15, 0.2) is 6.29 Å². The third-order valence-electron chi connectivity index (χ3n) is 1.68. The van der Waals surface area contributed by atoms with E-state index < -0.39 is 11.5 Å². The van der Waals surface area contributed by atoms with Crippen LogP contribution >= 0.6 is 0 Å². The van der Waals surface area contributed by atoms with E-state index in [9.17, 15) is 9.90 Å². The highest BCUT2D eigenvalue weighted by molar-refractivity contribution is 5.62. The molecule has 2 atom stereocenters. The van der Waals surface area contributed by atoms with Gasteiger partial charge in [-0.3, -0.25) is 0 Å². The van der Waals surface area contributed by atoms with E-state index in [4.69, 9.17) is 5.26 Å². The van der Waals surface area contributed by atoms with Crippen LogP contribution in [0.25, 0.3) is 0 Å². The van der Waals surface area contributed by atoms with Crippen molar-refractivity contribution in [1.82, 2.24) is 0 Å². The second-order valence-electron chi connectivity index (χ2n) is 2.81. The summed E-state index contributed by atoms with van der Waals surface area (Å²) in [6, 6.07) is 1.91. The molecule has 3 nitrogen and oxygen atoms in total. The van der Waals surface area contributed by atoms with Crippen molar-refractivity contribution in [2.45, 2.75) is 32.3 Å². The number of aliphatic hydroxyl groups is 1. The van der Waals surface area contributed by atoms with Gasteiger partial charge in [-0.2, -0.15) is 5.26 Å². The van der Waals surface area contributed by atoms with E-state index in [0.717, 1.165) is 6.42 Å². The third-order valence-corrected chi connectivity index (χ3v) is 1.68. The summed E-state index contributed by atoms with van der Waals surface area (Å²) >= 11 is 0. The van der Waals surface area contributed by atoms with Crippen LogP contribution in [0.15, 0.2) is 0 Å². The summed E-state index contributed by atoms with van der Waals surface area (Å²) in [5, 5.41) is 17.9. The first kappa shape index (κ1) is 10.1. The quantitative estimate of drug-likeness (QED) is 0.613. The minimum Gasteiger partial charge on any atom is -0.381 e. The van der Waals surface area contributed by atoms with Crippen molar-refractivity contribution in [2.24, 2.45) is 5.92 Å². The smallest absolute Gasteiger partial charge is 0.152 e. The molecule has 0 heterocycles. The zero-order valence-electron chi connectivity index (χ0n) is 6.87. The van der Waals surface area contributed by atoms with Crippen molar-refractivity contribution in [2.75, 3.05) is 0 Å². The molecule has 62 valence electrons. The minimum absolute atomic E-state index is 0.427. The summed E-state index contributed by atoms with van der Waals surface area (Å²) in [5.41, 5.74) is -1.48. The summed E-state index contributed by atoms with van der Waals surface area (Å²) in [5.74, 6) is -0.579. The summed E-state index contributed by atoms with van der Waals surface area (Å²) in [6.07, 6.45) is 1.78. The summed E-state index contributed by atoms with van der Waals surface area (Å²) < 4.78 is 0. The Balaban J connectivity index is 4.26. The Labute approximate surface area is 66.6 Å². The molecule has 0 spiro atoms. The molecular weight excluding hydrogens is 142 g/mol. The fourth-order valence-electron chi connectivity index (χ4n) is 0.858. The Bertz CT molecular complexity index is 169. The van der Waals surface area contributed by atoms with E-state index in [1.54, 1.807) is 0 Å². The Kier molecular flexibility index (Phi) is 3.77. The highest BCUT2D eigenvalue weighted by atomic mass is 16.3. The van der Waals surface area contributed by atoms with E-state index in [-0.39, 0.29) is 0 Å². The average Bonchev–Trinajstić information content (AvgIpc) is 2.00. The van der Waals surface area contributed by atoms with E-state index in [1.165, 1.54) is 6.92 Å². The summed E-state index contributed by atoms with van der Waals surface area (Å²) in [4.78, 5) is 10.3. The molecule has 0 aromatic heterocycles. The average molecular weight is 155 g/mol. The summed E-state index contributed by atoms with van der Waals surface area (Å²) in [6.45, 7) is 3.27. The molecule has 0 amide bonds. The monoisotopic (exact) mass is 155 g/mol. The molecule has 0 aromatic carbocycles. The maximum Gasteiger partial charge on any atom is 0.152 e. The highest BCUT2D eigenvalue weighted by Crippen LogP contribution is 2.18. The first-order valence-electron chi connectivity index (χ1n) is 3.66. The second-order valence-corrected chi connectivity index (χ2v) is 2.81. The van der Waals surface area contributed by atoms with Crippen molar-refractivity contribution in [3.05, 3.63) is 0 Å². The Morgan fingerprint density at radius 2 is 2.36 bits per heavy atom. The van der Waals surface area contributed by atoms with Gasteiger partial charge in [-0.25, -0.2) is 0 Å². The van der Waals surface area contributed by atoms with Crippen LogP contribution in [0.4, 0.5) is 0 Å². The first-order valence-corrected chi connectivity index (χ1v) is 3.66. The van der Waals surface area contributed by atoms with E-state index in [0.29, 0.717) is 12.7 Å². The van der Waals surface area contributed by atoms with Crippen LogP contribution in [0.3, 0.4) is 0 Å². The molecule has 0 aliphatic rings. The lowest BCUT2D eigenvalue weighted by Crippen LogP contribution is -2.35. The van der Waals surface area contributed by atoms with Gasteiger partial charge in [0.05, 0.1) is 12.0 Å². The predicted octanol–water partition coefficient (Wildman–Crippen LogP) is 0.876. The zero-order valence-corrected chi connectivity index (χ0v) is 6.87. The number of hydrogen-bond acceptors (Lipinski definition) is 3. The molecule has 0 fully saturated rings. The van der Waals surface area contributed by atoms with Gasteiger partial charge in [0.1, 0.15) is 5.60 Å². The maximum absolute atomic E-state index is 10.3. The Hall–Kier alpha value is -0.880. The van der Waals surface area contributed by atoms with E-state index >= 15 is 0 Å². The van der Waals surface area contributed by atoms with Gasteiger partial charge in [0.25, 0.3) is 0 Å². The maximum atomic E-state index is 10.3. The fraction of sp³-hybridized carbons (Fsp3) is 0.750. The molecule has 0 rings (SSSR count). The van der Waals surface area contributed by atoms with Crippen LogP contribution in [0.5, 0.6) is 0 Å². The molecule has 0 radical (unpaired) electrons. The fourth-order valence-corrected chi connectivity index (χ4v) is 0.858. The number of nitriles is 1. The van der Waals surface area contributed by atoms with Crippen LogP contribution in [-0.2, 0) is 4.79 Å². The van der Waals surface area contributed by atoms with Crippen molar-refractivity contribution >= 4 is 6.29 Å². The molecule has 1 N–H and O–H groups in total. The lowest BCUT2D eigenvalue weighted by atomic mass is 9.88. The topological polar surface area (TPSA) is 61.1 Å². The highest BCUT2D eigenvalue weighted by Gasteiger charge is 2.30. The minimum atomic E-state index is -1.48. The van der Waals surface area contributed by atoms with Crippen LogP contribution in [0, 0.1) is 17.2 Å². The molecule has 0 saturated carbocycles. The first-order chi connectivity index (χ1) is 5.08. The molecule has 0 aliphatic heterocycles. The number of carbonyl (C=O) groups excluding carboxylic acids is 1. The number of rotatable bonds is 4. The Morgan fingerprint density at radius 1 is 1.82 bits per heavy atom. The van der Waals surface area contributed by atoms with Gasteiger partial charge in [-0.05, 0) is 13.3 Å². The van der Waals surface area contributed by atoms with Crippen molar-refractivity contribution in [1.29, 1.82) is 5.26 Å². The molecule has 0 bridgehead atoms. The molecule has 0 aliphatic carbocycles. The number of aldehydes is 1. The Morgan fingerprint density at radius 3 is 2.64 bits per heavy atom. The van der Waals surface area contributed by atoms with Crippen LogP contribution in [-0.4, -0.2) is 17.0 Å². The van der Waals surface area contributed by atoms with Gasteiger partial charge in [-0.1, -0.05) is 13.3 Å². The molecular formula is C8H13NO2.